The average molecular weight is 316 g/mol. The molecule has 0 fully saturated rings. The van der Waals surface area contributed by atoms with Crippen LogP contribution in [0.2, 0.25) is 0 Å². The Labute approximate surface area is 135 Å². The highest BCUT2D eigenvalue weighted by Gasteiger charge is 2.22. The molecule has 0 aliphatic heterocycles. The van der Waals surface area contributed by atoms with Gasteiger partial charge in [-0.1, -0.05) is 30.3 Å². The predicted molar refractivity (Wildman–Crippen MR) is 89.2 cm³/mol. The lowest BCUT2D eigenvalue weighted by Gasteiger charge is -2.15. The summed E-state index contributed by atoms with van der Waals surface area (Å²) in [5.41, 5.74) is 1.42. The first-order valence-corrected chi connectivity index (χ1v) is 7.31. The van der Waals surface area contributed by atoms with E-state index in [9.17, 15) is 10.1 Å². The molecule has 0 aromatic heterocycles. The molecule has 2 aromatic rings. The molecule has 6 nitrogen and oxygen atoms in total. The Morgan fingerprint density at radius 3 is 2.48 bits per heavy atom. The molecule has 0 bridgehead atoms. The molecular weight excluding hydrogens is 296 g/mol. The van der Waals surface area contributed by atoms with E-state index < -0.39 is 4.92 Å². The molecule has 0 spiro atoms. The lowest BCUT2D eigenvalue weighted by Crippen LogP contribution is -2.10. The van der Waals surface area contributed by atoms with Crippen LogP contribution in [0.25, 0.3) is 0 Å². The van der Waals surface area contributed by atoms with E-state index in [0.29, 0.717) is 11.4 Å². The average Bonchev–Trinajstić information content (AvgIpc) is 2.53. The van der Waals surface area contributed by atoms with E-state index in [-0.39, 0.29) is 24.1 Å². The summed E-state index contributed by atoms with van der Waals surface area (Å²) in [6, 6.07) is 12.8. The van der Waals surface area contributed by atoms with Crippen LogP contribution in [0.3, 0.4) is 0 Å². The molecule has 0 aliphatic carbocycles. The first-order valence-electron chi connectivity index (χ1n) is 7.31. The second-order valence-electron chi connectivity index (χ2n) is 5.36. The summed E-state index contributed by atoms with van der Waals surface area (Å²) in [6.07, 6.45) is 0. The Morgan fingerprint density at radius 2 is 1.91 bits per heavy atom. The molecule has 0 saturated carbocycles. The van der Waals surface area contributed by atoms with Crippen molar-refractivity contribution in [1.29, 1.82) is 0 Å². The lowest BCUT2D eigenvalue weighted by atomic mass is 10.2. The zero-order valence-electron chi connectivity index (χ0n) is 13.4. The van der Waals surface area contributed by atoms with E-state index in [1.807, 2.05) is 44.2 Å². The maximum atomic E-state index is 11.4. The SMILES string of the molecule is COc1cc(NC(C)C)cc([N+](=O)[O-])c1OCc1ccccc1. The summed E-state index contributed by atoms with van der Waals surface area (Å²) >= 11 is 0. The Morgan fingerprint density at radius 1 is 1.22 bits per heavy atom. The second kappa shape index (κ2) is 7.49. The van der Waals surface area contributed by atoms with Crippen molar-refractivity contribution < 1.29 is 14.4 Å². The van der Waals surface area contributed by atoms with Gasteiger partial charge in [0.1, 0.15) is 6.61 Å². The summed E-state index contributed by atoms with van der Waals surface area (Å²) in [4.78, 5) is 10.9. The van der Waals surface area contributed by atoms with Crippen LogP contribution in [0.1, 0.15) is 19.4 Å². The van der Waals surface area contributed by atoms with Gasteiger partial charge in [-0.2, -0.15) is 0 Å². The van der Waals surface area contributed by atoms with Crippen LogP contribution in [0.15, 0.2) is 42.5 Å². The Kier molecular flexibility index (Phi) is 5.41. The molecule has 0 unspecified atom stereocenters. The highest BCUT2D eigenvalue weighted by Crippen LogP contribution is 2.40. The van der Waals surface area contributed by atoms with Gasteiger partial charge in [-0.05, 0) is 19.4 Å². The fourth-order valence-corrected chi connectivity index (χ4v) is 2.17. The van der Waals surface area contributed by atoms with E-state index in [0.717, 1.165) is 5.56 Å². The first kappa shape index (κ1) is 16.6. The number of methoxy groups -OCH3 is 1. The predicted octanol–water partition coefficient (Wildman–Crippen LogP) is 4.00. The van der Waals surface area contributed by atoms with Crippen LogP contribution in [0.4, 0.5) is 11.4 Å². The van der Waals surface area contributed by atoms with Crippen molar-refractivity contribution >= 4 is 11.4 Å². The second-order valence-corrected chi connectivity index (χ2v) is 5.36. The van der Waals surface area contributed by atoms with Gasteiger partial charge in [0.2, 0.25) is 5.75 Å². The third kappa shape index (κ3) is 4.35. The van der Waals surface area contributed by atoms with Crippen molar-refractivity contribution in [2.45, 2.75) is 26.5 Å². The molecule has 122 valence electrons. The van der Waals surface area contributed by atoms with Crippen LogP contribution >= 0.6 is 0 Å². The van der Waals surface area contributed by atoms with Crippen molar-refractivity contribution in [3.63, 3.8) is 0 Å². The number of nitro benzene ring substituents is 1. The van der Waals surface area contributed by atoms with Gasteiger partial charge in [0.15, 0.2) is 5.75 Å². The van der Waals surface area contributed by atoms with Gasteiger partial charge in [0.05, 0.1) is 12.0 Å². The summed E-state index contributed by atoms with van der Waals surface area (Å²) < 4.78 is 10.9. The highest BCUT2D eigenvalue weighted by atomic mass is 16.6. The van der Waals surface area contributed by atoms with E-state index >= 15 is 0 Å². The minimum Gasteiger partial charge on any atom is -0.493 e. The van der Waals surface area contributed by atoms with Crippen LogP contribution in [-0.2, 0) is 6.61 Å². The largest absolute Gasteiger partial charge is 0.493 e. The number of ether oxygens (including phenoxy) is 2. The maximum Gasteiger partial charge on any atom is 0.316 e. The van der Waals surface area contributed by atoms with Gasteiger partial charge in [-0.3, -0.25) is 10.1 Å². The van der Waals surface area contributed by atoms with Crippen molar-refractivity contribution in [1.82, 2.24) is 0 Å². The van der Waals surface area contributed by atoms with E-state index in [1.165, 1.54) is 13.2 Å². The van der Waals surface area contributed by atoms with Gasteiger partial charge in [-0.15, -0.1) is 0 Å². The van der Waals surface area contributed by atoms with Crippen molar-refractivity contribution in [3.05, 3.63) is 58.1 Å². The van der Waals surface area contributed by atoms with Crippen molar-refractivity contribution in [2.24, 2.45) is 0 Å². The number of rotatable bonds is 7. The molecule has 23 heavy (non-hydrogen) atoms. The van der Waals surface area contributed by atoms with E-state index in [2.05, 4.69) is 5.32 Å². The van der Waals surface area contributed by atoms with Gasteiger partial charge >= 0.3 is 5.69 Å². The van der Waals surface area contributed by atoms with Crippen molar-refractivity contribution in [2.75, 3.05) is 12.4 Å². The number of hydrogen-bond acceptors (Lipinski definition) is 5. The molecule has 0 aliphatic rings. The standard InChI is InChI=1S/C17H20N2O4/c1-12(2)18-14-9-15(19(20)21)17(16(10-14)22-3)23-11-13-7-5-4-6-8-13/h4-10,12,18H,11H2,1-3H3. The molecule has 2 rings (SSSR count). The van der Waals surface area contributed by atoms with Crippen LogP contribution in [-0.4, -0.2) is 18.1 Å². The quantitative estimate of drug-likeness (QED) is 0.617. The minimum absolute atomic E-state index is 0.122. The molecule has 0 atom stereocenters. The Hall–Kier alpha value is -2.76. The monoisotopic (exact) mass is 316 g/mol. The Balaban J connectivity index is 2.34. The number of nitro groups is 1. The smallest absolute Gasteiger partial charge is 0.316 e. The number of anilines is 1. The van der Waals surface area contributed by atoms with Crippen LogP contribution in [0, 0.1) is 10.1 Å². The van der Waals surface area contributed by atoms with E-state index in [1.54, 1.807) is 6.07 Å². The normalized spacial score (nSPS) is 10.4. The summed E-state index contributed by atoms with van der Waals surface area (Å²) in [6.45, 7) is 4.14. The first-order chi connectivity index (χ1) is 11.0. The number of benzene rings is 2. The summed E-state index contributed by atoms with van der Waals surface area (Å²) in [7, 11) is 1.47. The molecule has 6 heteroatoms. The molecular formula is C17H20N2O4. The zero-order chi connectivity index (χ0) is 16.8. The molecule has 0 amide bonds. The van der Waals surface area contributed by atoms with Gasteiger partial charge in [0, 0.05) is 23.9 Å². The van der Waals surface area contributed by atoms with Crippen molar-refractivity contribution in [3.8, 4) is 11.5 Å². The Bertz CT molecular complexity index is 672. The number of nitrogens with zero attached hydrogens (tertiary/aromatic N) is 1. The zero-order valence-corrected chi connectivity index (χ0v) is 13.4. The molecule has 0 saturated heterocycles. The highest BCUT2D eigenvalue weighted by molar-refractivity contribution is 5.66. The fraction of sp³-hybridized carbons (Fsp3) is 0.294. The molecule has 0 heterocycles. The van der Waals surface area contributed by atoms with Gasteiger partial charge in [0.25, 0.3) is 0 Å². The number of nitrogens with one attached hydrogen (secondary N) is 1. The molecule has 1 N–H and O–H groups in total. The van der Waals surface area contributed by atoms with Gasteiger partial charge in [-0.25, -0.2) is 0 Å². The van der Waals surface area contributed by atoms with Crippen LogP contribution in [0.5, 0.6) is 11.5 Å². The topological polar surface area (TPSA) is 73.6 Å². The minimum atomic E-state index is -0.464. The van der Waals surface area contributed by atoms with E-state index in [4.69, 9.17) is 9.47 Å². The third-order valence-electron chi connectivity index (χ3n) is 3.13. The maximum absolute atomic E-state index is 11.4. The molecule has 2 aromatic carbocycles. The number of hydrogen-bond donors (Lipinski definition) is 1. The van der Waals surface area contributed by atoms with Gasteiger partial charge < -0.3 is 14.8 Å². The summed E-state index contributed by atoms with van der Waals surface area (Å²) in [5.74, 6) is 0.467. The lowest BCUT2D eigenvalue weighted by molar-refractivity contribution is -0.385. The molecule has 0 radical (unpaired) electrons. The summed E-state index contributed by atoms with van der Waals surface area (Å²) in [5, 5.41) is 14.5. The fourth-order valence-electron chi connectivity index (χ4n) is 2.17. The van der Waals surface area contributed by atoms with Crippen LogP contribution < -0.4 is 14.8 Å². The third-order valence-corrected chi connectivity index (χ3v) is 3.13.